The molecule has 2 aromatic rings. The topological polar surface area (TPSA) is 52.7 Å². The van der Waals surface area contributed by atoms with Crippen molar-refractivity contribution in [3.8, 4) is 0 Å². The number of nitrogens with zero attached hydrogens (tertiary/aromatic N) is 2. The Morgan fingerprint density at radius 2 is 1.78 bits per heavy atom. The molecule has 0 aromatic heterocycles. The molecule has 0 radical (unpaired) electrons. The van der Waals surface area contributed by atoms with E-state index < -0.39 is 5.66 Å². The second-order valence-electron chi connectivity index (χ2n) is 7.02. The van der Waals surface area contributed by atoms with Gasteiger partial charge in [0.2, 0.25) is 0 Å². The monoisotopic (exact) mass is 383 g/mol. The average Bonchev–Trinajstić information content (AvgIpc) is 2.69. The number of nitrogens with one attached hydrogen (secondary N) is 1. The molecule has 1 spiro atoms. The highest BCUT2D eigenvalue weighted by Gasteiger charge is 2.45. The Morgan fingerprint density at radius 1 is 1.11 bits per heavy atom. The van der Waals surface area contributed by atoms with Crippen LogP contribution in [0.15, 0.2) is 48.5 Å². The van der Waals surface area contributed by atoms with E-state index in [0.717, 1.165) is 12.2 Å². The van der Waals surface area contributed by atoms with E-state index in [2.05, 4.69) is 17.1 Å². The summed E-state index contributed by atoms with van der Waals surface area (Å²) in [6.45, 7) is 4.03. The summed E-state index contributed by atoms with van der Waals surface area (Å²) >= 11 is 6.19. The van der Waals surface area contributed by atoms with E-state index in [9.17, 15) is 9.59 Å². The Kier molecular flexibility index (Phi) is 4.56. The van der Waals surface area contributed by atoms with Gasteiger partial charge in [-0.15, -0.1) is 0 Å². The van der Waals surface area contributed by atoms with Gasteiger partial charge in [0, 0.05) is 32.5 Å². The summed E-state index contributed by atoms with van der Waals surface area (Å²) in [6, 6.07) is 14.8. The molecule has 0 bridgehead atoms. The maximum absolute atomic E-state index is 12.8. The summed E-state index contributed by atoms with van der Waals surface area (Å²) in [5, 5.41) is 3.69. The number of piperidine rings is 1. The van der Waals surface area contributed by atoms with Crippen molar-refractivity contribution in [2.24, 2.45) is 0 Å². The van der Waals surface area contributed by atoms with E-state index >= 15 is 0 Å². The van der Waals surface area contributed by atoms with Crippen LogP contribution in [0.4, 0.5) is 5.69 Å². The van der Waals surface area contributed by atoms with Crippen molar-refractivity contribution in [1.29, 1.82) is 0 Å². The second-order valence-corrected chi connectivity index (χ2v) is 7.43. The van der Waals surface area contributed by atoms with Crippen molar-refractivity contribution in [1.82, 2.24) is 10.2 Å². The molecule has 0 atom stereocenters. The number of para-hydroxylation sites is 1. The molecule has 4 rings (SSSR count). The van der Waals surface area contributed by atoms with Crippen molar-refractivity contribution in [3.05, 3.63) is 64.7 Å². The van der Waals surface area contributed by atoms with Crippen molar-refractivity contribution in [2.45, 2.75) is 25.4 Å². The molecule has 2 amide bonds. The van der Waals surface area contributed by atoms with Crippen molar-refractivity contribution in [3.63, 3.8) is 0 Å². The quantitative estimate of drug-likeness (QED) is 0.862. The van der Waals surface area contributed by atoms with Crippen LogP contribution in [0.5, 0.6) is 0 Å². The van der Waals surface area contributed by atoms with Gasteiger partial charge in [-0.3, -0.25) is 9.59 Å². The number of benzene rings is 2. The molecule has 5 nitrogen and oxygen atoms in total. The van der Waals surface area contributed by atoms with Gasteiger partial charge >= 0.3 is 0 Å². The van der Waals surface area contributed by atoms with Gasteiger partial charge < -0.3 is 15.1 Å². The zero-order valence-corrected chi connectivity index (χ0v) is 16.0. The number of halogens is 1. The van der Waals surface area contributed by atoms with Crippen LogP contribution in [0.3, 0.4) is 0 Å². The number of carbonyl (C=O) groups is 2. The smallest absolute Gasteiger partial charge is 0.255 e. The number of hydrogen-bond acceptors (Lipinski definition) is 3. The van der Waals surface area contributed by atoms with Gasteiger partial charge in [-0.25, -0.2) is 0 Å². The minimum absolute atomic E-state index is 0.0406. The van der Waals surface area contributed by atoms with E-state index in [-0.39, 0.29) is 11.8 Å². The Hall–Kier alpha value is -2.53. The number of likely N-dealkylation sites (tertiary alicyclic amines) is 1. The Balaban J connectivity index is 1.57. The van der Waals surface area contributed by atoms with Crippen LogP contribution in [0.2, 0.25) is 5.02 Å². The first-order chi connectivity index (χ1) is 13.1. The largest absolute Gasteiger partial charge is 0.348 e. The minimum atomic E-state index is -0.447. The number of rotatable bonds is 2. The van der Waals surface area contributed by atoms with Crippen LogP contribution in [0.25, 0.3) is 0 Å². The fraction of sp³-hybridized carbons (Fsp3) is 0.333. The molecule has 6 heteroatoms. The summed E-state index contributed by atoms with van der Waals surface area (Å²) in [6.07, 6.45) is 1.36. The number of carbonyl (C=O) groups excluding carboxylic acids is 2. The van der Waals surface area contributed by atoms with E-state index in [1.165, 1.54) is 0 Å². The molecule has 27 heavy (non-hydrogen) atoms. The molecule has 0 saturated carbocycles. The third-order valence-electron chi connectivity index (χ3n) is 5.60. The highest BCUT2D eigenvalue weighted by molar-refractivity contribution is 6.33. The first-order valence-corrected chi connectivity index (χ1v) is 9.66. The molecule has 2 aliphatic rings. The molecule has 1 N–H and O–H groups in total. The minimum Gasteiger partial charge on any atom is -0.348 e. The molecule has 2 aromatic carbocycles. The third kappa shape index (κ3) is 2.96. The highest BCUT2D eigenvalue weighted by Crippen LogP contribution is 2.37. The van der Waals surface area contributed by atoms with Crippen LogP contribution < -0.4 is 10.2 Å². The fourth-order valence-corrected chi connectivity index (χ4v) is 4.45. The van der Waals surface area contributed by atoms with Crippen molar-refractivity contribution < 1.29 is 9.59 Å². The number of amides is 2. The highest BCUT2D eigenvalue weighted by atomic mass is 35.5. The summed E-state index contributed by atoms with van der Waals surface area (Å²) in [7, 11) is 0. The SMILES string of the molecule is CCN1c2ccccc2C(=O)NC12CCN(C(=O)c1ccccc1Cl)CC2. The van der Waals surface area contributed by atoms with Crippen LogP contribution >= 0.6 is 11.6 Å². The van der Waals surface area contributed by atoms with E-state index in [1.807, 2.05) is 41.3 Å². The summed E-state index contributed by atoms with van der Waals surface area (Å²) in [5.41, 5.74) is 1.76. The van der Waals surface area contributed by atoms with Crippen LogP contribution in [0, 0.1) is 0 Å². The lowest BCUT2D eigenvalue weighted by atomic mass is 9.89. The average molecular weight is 384 g/mol. The molecular formula is C21H22ClN3O2. The summed E-state index contributed by atoms with van der Waals surface area (Å²) in [5.74, 6) is -0.0952. The number of fused-ring (bicyclic) bond motifs is 1. The molecular weight excluding hydrogens is 362 g/mol. The molecule has 140 valence electrons. The first-order valence-electron chi connectivity index (χ1n) is 9.29. The van der Waals surface area contributed by atoms with Gasteiger partial charge in [0.25, 0.3) is 11.8 Å². The second kappa shape index (κ2) is 6.89. The van der Waals surface area contributed by atoms with Gasteiger partial charge in [0.1, 0.15) is 5.66 Å². The Bertz CT molecular complexity index is 891. The standard InChI is InChI=1S/C21H22ClN3O2/c1-2-25-18-10-6-4-8-16(18)19(26)23-21(25)11-13-24(14-12-21)20(27)15-7-3-5-9-17(15)22/h3-10H,2,11-14H2,1H3,(H,23,26). The van der Waals surface area contributed by atoms with Gasteiger partial charge in [-0.1, -0.05) is 35.9 Å². The van der Waals surface area contributed by atoms with Crippen molar-refractivity contribution >= 4 is 29.1 Å². The zero-order chi connectivity index (χ0) is 19.0. The Labute approximate surface area is 163 Å². The fourth-order valence-electron chi connectivity index (χ4n) is 4.23. The molecule has 0 aliphatic carbocycles. The molecule has 1 fully saturated rings. The number of anilines is 1. The lowest BCUT2D eigenvalue weighted by Gasteiger charge is -2.52. The summed E-state index contributed by atoms with van der Waals surface area (Å²) in [4.78, 5) is 29.6. The predicted molar refractivity (Wildman–Crippen MR) is 106 cm³/mol. The lowest BCUT2D eigenvalue weighted by molar-refractivity contribution is 0.0604. The van der Waals surface area contributed by atoms with Crippen LogP contribution in [0.1, 0.15) is 40.5 Å². The molecule has 2 aliphatic heterocycles. The first kappa shape index (κ1) is 17.9. The molecule has 1 saturated heterocycles. The van der Waals surface area contributed by atoms with Crippen molar-refractivity contribution in [2.75, 3.05) is 24.5 Å². The summed E-state index contributed by atoms with van der Waals surface area (Å²) < 4.78 is 0. The molecule has 0 unspecified atom stereocenters. The van der Waals surface area contributed by atoms with E-state index in [4.69, 9.17) is 11.6 Å². The maximum Gasteiger partial charge on any atom is 0.255 e. The maximum atomic E-state index is 12.8. The van der Waals surface area contributed by atoms with Crippen LogP contribution in [-0.4, -0.2) is 42.0 Å². The predicted octanol–water partition coefficient (Wildman–Crippen LogP) is 3.54. The molecule has 2 heterocycles. The van der Waals surface area contributed by atoms with Gasteiger partial charge in [0.05, 0.1) is 21.8 Å². The van der Waals surface area contributed by atoms with Crippen LogP contribution in [-0.2, 0) is 0 Å². The van der Waals surface area contributed by atoms with Gasteiger partial charge in [0.15, 0.2) is 0 Å². The Morgan fingerprint density at radius 3 is 2.48 bits per heavy atom. The normalized spacial score (nSPS) is 18.2. The van der Waals surface area contributed by atoms with E-state index in [1.54, 1.807) is 12.1 Å². The third-order valence-corrected chi connectivity index (χ3v) is 5.93. The zero-order valence-electron chi connectivity index (χ0n) is 15.2. The van der Waals surface area contributed by atoms with Gasteiger partial charge in [-0.2, -0.15) is 0 Å². The van der Waals surface area contributed by atoms with E-state index in [0.29, 0.717) is 42.1 Å². The number of hydrogen-bond donors (Lipinski definition) is 1. The lowest BCUT2D eigenvalue weighted by Crippen LogP contribution is -2.68. The van der Waals surface area contributed by atoms with Gasteiger partial charge in [-0.05, 0) is 31.2 Å².